The van der Waals surface area contributed by atoms with Crippen LogP contribution in [0.2, 0.25) is 0 Å². The van der Waals surface area contributed by atoms with Crippen LogP contribution in [0, 0.1) is 6.92 Å². The zero-order valence-corrected chi connectivity index (χ0v) is 11.3. The topological polar surface area (TPSA) is 64.1 Å². The summed E-state index contributed by atoms with van der Waals surface area (Å²) in [4.78, 5) is 0. The normalized spacial score (nSPS) is 21.6. The molecule has 1 aliphatic rings. The molecule has 0 radical (unpaired) electrons. The summed E-state index contributed by atoms with van der Waals surface area (Å²) in [5.74, 6) is 0. The highest BCUT2D eigenvalue weighted by atomic mass is 16.3. The second-order valence-corrected chi connectivity index (χ2v) is 5.53. The second-order valence-electron chi connectivity index (χ2n) is 5.53. The van der Waals surface area contributed by atoms with E-state index in [2.05, 4.69) is 5.10 Å². The number of aromatic nitrogens is 2. The fourth-order valence-electron chi connectivity index (χ4n) is 3.06. The van der Waals surface area contributed by atoms with E-state index >= 15 is 0 Å². The van der Waals surface area contributed by atoms with Crippen molar-refractivity contribution < 1.29 is 5.11 Å². The molecule has 3 N–H and O–H groups in total. The first-order chi connectivity index (χ1) is 8.98. The van der Waals surface area contributed by atoms with Gasteiger partial charge >= 0.3 is 0 Å². The molecule has 0 aliphatic heterocycles. The molecule has 0 spiro atoms. The SMILES string of the molecule is Cc1cc(CC2(O)CCc3cc(N)ccc32)n(C)n1. The number of hydrogen-bond acceptors (Lipinski definition) is 3. The van der Waals surface area contributed by atoms with E-state index in [0.717, 1.165) is 35.5 Å². The first-order valence-corrected chi connectivity index (χ1v) is 6.59. The van der Waals surface area contributed by atoms with E-state index < -0.39 is 5.60 Å². The Balaban J connectivity index is 1.96. The van der Waals surface area contributed by atoms with Gasteiger partial charge in [-0.2, -0.15) is 5.10 Å². The molecule has 4 heteroatoms. The predicted molar refractivity (Wildman–Crippen MR) is 74.7 cm³/mol. The van der Waals surface area contributed by atoms with Crippen molar-refractivity contribution in [2.24, 2.45) is 7.05 Å². The van der Waals surface area contributed by atoms with Gasteiger partial charge in [0.1, 0.15) is 0 Å². The van der Waals surface area contributed by atoms with Crippen molar-refractivity contribution >= 4 is 5.69 Å². The number of aliphatic hydroxyl groups is 1. The van der Waals surface area contributed by atoms with Gasteiger partial charge in [0.2, 0.25) is 0 Å². The lowest BCUT2D eigenvalue weighted by molar-refractivity contribution is 0.0371. The summed E-state index contributed by atoms with van der Waals surface area (Å²) in [5.41, 5.74) is 10.0. The highest BCUT2D eigenvalue weighted by Crippen LogP contribution is 2.40. The Kier molecular flexibility index (Phi) is 2.64. The molecule has 1 unspecified atom stereocenters. The van der Waals surface area contributed by atoms with Gasteiger partial charge in [-0.3, -0.25) is 4.68 Å². The third-order valence-electron chi connectivity index (χ3n) is 4.01. The third-order valence-corrected chi connectivity index (χ3v) is 4.01. The largest absolute Gasteiger partial charge is 0.399 e. The minimum absolute atomic E-state index is 0.598. The maximum absolute atomic E-state index is 10.9. The van der Waals surface area contributed by atoms with Crippen LogP contribution in [0.15, 0.2) is 24.3 Å². The van der Waals surface area contributed by atoms with Gasteiger partial charge in [0.25, 0.3) is 0 Å². The lowest BCUT2D eigenvalue weighted by Gasteiger charge is -2.24. The Bertz CT molecular complexity index is 632. The van der Waals surface area contributed by atoms with Gasteiger partial charge in [0, 0.05) is 24.8 Å². The lowest BCUT2D eigenvalue weighted by atomic mass is 9.90. The zero-order valence-electron chi connectivity index (χ0n) is 11.3. The Morgan fingerprint density at radius 3 is 2.89 bits per heavy atom. The van der Waals surface area contributed by atoms with Crippen LogP contribution in [0.1, 0.15) is 28.9 Å². The standard InChI is InChI=1S/C15H19N3O/c1-10-7-13(18(2)17-10)9-15(19)6-5-11-8-12(16)3-4-14(11)15/h3-4,7-8,19H,5-6,9,16H2,1-2H3. The summed E-state index contributed by atoms with van der Waals surface area (Å²) in [6.07, 6.45) is 2.23. The number of anilines is 1. The molecule has 0 fully saturated rings. The van der Waals surface area contributed by atoms with Gasteiger partial charge < -0.3 is 10.8 Å². The molecular weight excluding hydrogens is 238 g/mol. The Hall–Kier alpha value is -1.81. The van der Waals surface area contributed by atoms with Crippen LogP contribution in [0.25, 0.3) is 0 Å². The van der Waals surface area contributed by atoms with Crippen LogP contribution in [0.4, 0.5) is 5.69 Å². The number of fused-ring (bicyclic) bond motifs is 1. The maximum atomic E-state index is 10.9. The Morgan fingerprint density at radius 1 is 1.42 bits per heavy atom. The first-order valence-electron chi connectivity index (χ1n) is 6.59. The molecule has 3 rings (SSSR count). The van der Waals surface area contributed by atoms with Crippen LogP contribution in [-0.2, 0) is 25.5 Å². The van der Waals surface area contributed by atoms with Crippen molar-refractivity contribution in [3.63, 3.8) is 0 Å². The van der Waals surface area contributed by atoms with Crippen molar-refractivity contribution in [1.29, 1.82) is 0 Å². The molecule has 0 bridgehead atoms. The molecule has 100 valence electrons. The maximum Gasteiger partial charge on any atom is 0.0957 e. The van der Waals surface area contributed by atoms with Crippen molar-refractivity contribution in [3.8, 4) is 0 Å². The average Bonchev–Trinajstić information content (AvgIpc) is 2.81. The number of nitrogen functional groups attached to an aromatic ring is 1. The molecule has 4 nitrogen and oxygen atoms in total. The van der Waals surface area contributed by atoms with E-state index in [4.69, 9.17) is 5.73 Å². The average molecular weight is 257 g/mol. The molecule has 0 amide bonds. The van der Waals surface area contributed by atoms with E-state index in [1.807, 2.05) is 42.9 Å². The van der Waals surface area contributed by atoms with E-state index in [1.165, 1.54) is 5.56 Å². The highest BCUT2D eigenvalue weighted by Gasteiger charge is 2.37. The molecule has 0 saturated carbocycles. The summed E-state index contributed by atoms with van der Waals surface area (Å²) < 4.78 is 1.85. The van der Waals surface area contributed by atoms with E-state index in [1.54, 1.807) is 0 Å². The molecule has 1 heterocycles. The lowest BCUT2D eigenvalue weighted by Crippen LogP contribution is -2.26. The minimum atomic E-state index is -0.788. The molecule has 1 aromatic carbocycles. The summed E-state index contributed by atoms with van der Waals surface area (Å²) in [6, 6.07) is 7.83. The van der Waals surface area contributed by atoms with Gasteiger partial charge in [0.05, 0.1) is 11.3 Å². The molecule has 1 atom stereocenters. The van der Waals surface area contributed by atoms with E-state index in [9.17, 15) is 5.11 Å². The van der Waals surface area contributed by atoms with E-state index in [0.29, 0.717) is 6.42 Å². The van der Waals surface area contributed by atoms with Gasteiger partial charge in [0.15, 0.2) is 0 Å². The number of nitrogens with two attached hydrogens (primary N) is 1. The first kappa shape index (κ1) is 12.2. The molecule has 1 aliphatic carbocycles. The van der Waals surface area contributed by atoms with Crippen molar-refractivity contribution in [3.05, 3.63) is 46.8 Å². The van der Waals surface area contributed by atoms with Gasteiger partial charge in [-0.1, -0.05) is 6.07 Å². The van der Waals surface area contributed by atoms with Crippen LogP contribution >= 0.6 is 0 Å². The Labute approximate surface area is 112 Å². The second kappa shape index (κ2) is 4.10. The predicted octanol–water partition coefficient (Wildman–Crippen LogP) is 1.69. The van der Waals surface area contributed by atoms with Crippen LogP contribution in [-0.4, -0.2) is 14.9 Å². The zero-order chi connectivity index (χ0) is 13.6. The minimum Gasteiger partial charge on any atom is -0.399 e. The Morgan fingerprint density at radius 2 is 2.21 bits per heavy atom. The van der Waals surface area contributed by atoms with Crippen molar-refractivity contribution in [2.75, 3.05) is 5.73 Å². The third kappa shape index (κ3) is 2.02. The van der Waals surface area contributed by atoms with Crippen LogP contribution < -0.4 is 5.73 Å². The smallest absolute Gasteiger partial charge is 0.0957 e. The number of benzene rings is 1. The highest BCUT2D eigenvalue weighted by molar-refractivity contribution is 5.49. The monoisotopic (exact) mass is 257 g/mol. The van der Waals surface area contributed by atoms with Crippen LogP contribution in [0.3, 0.4) is 0 Å². The fourth-order valence-corrected chi connectivity index (χ4v) is 3.06. The van der Waals surface area contributed by atoms with Crippen molar-refractivity contribution in [1.82, 2.24) is 9.78 Å². The molecule has 0 saturated heterocycles. The van der Waals surface area contributed by atoms with Gasteiger partial charge in [-0.15, -0.1) is 0 Å². The number of nitrogens with zero attached hydrogens (tertiary/aromatic N) is 2. The quantitative estimate of drug-likeness (QED) is 0.805. The molecule has 2 aromatic rings. The fraction of sp³-hybridized carbons (Fsp3) is 0.400. The van der Waals surface area contributed by atoms with Gasteiger partial charge in [-0.05, 0) is 49.1 Å². The summed E-state index contributed by atoms with van der Waals surface area (Å²) >= 11 is 0. The number of aryl methyl sites for hydroxylation is 3. The number of rotatable bonds is 2. The summed E-state index contributed by atoms with van der Waals surface area (Å²) in [6.45, 7) is 1.97. The summed E-state index contributed by atoms with van der Waals surface area (Å²) in [7, 11) is 1.92. The van der Waals surface area contributed by atoms with Gasteiger partial charge in [-0.25, -0.2) is 0 Å². The van der Waals surface area contributed by atoms with E-state index in [-0.39, 0.29) is 0 Å². The molecule has 1 aromatic heterocycles. The molecular formula is C15H19N3O. The molecule has 19 heavy (non-hydrogen) atoms. The number of hydrogen-bond donors (Lipinski definition) is 2. The van der Waals surface area contributed by atoms with Crippen LogP contribution in [0.5, 0.6) is 0 Å². The van der Waals surface area contributed by atoms with Crippen molar-refractivity contribution in [2.45, 2.75) is 31.8 Å². The summed E-state index contributed by atoms with van der Waals surface area (Å²) in [5, 5.41) is 15.3.